The number of hydrogen-bond donors (Lipinski definition) is 2. The summed E-state index contributed by atoms with van der Waals surface area (Å²) in [4.78, 5) is 4.35. The summed E-state index contributed by atoms with van der Waals surface area (Å²) in [6.45, 7) is 6.05. The van der Waals surface area contributed by atoms with Crippen LogP contribution in [0.3, 0.4) is 0 Å². The van der Waals surface area contributed by atoms with Gasteiger partial charge in [0, 0.05) is 56.7 Å². The van der Waals surface area contributed by atoms with Crippen LogP contribution >= 0.6 is 0 Å². The zero-order valence-corrected chi connectivity index (χ0v) is 18.7. The van der Waals surface area contributed by atoms with Gasteiger partial charge in [-0.15, -0.1) is 0 Å². The predicted molar refractivity (Wildman–Crippen MR) is 125 cm³/mol. The minimum Gasteiger partial charge on any atom is -0.493 e. The number of anilines is 1. The highest BCUT2D eigenvalue weighted by Gasteiger charge is 2.13. The summed E-state index contributed by atoms with van der Waals surface area (Å²) in [5.74, 6) is 1.50. The van der Waals surface area contributed by atoms with Gasteiger partial charge in [-0.1, -0.05) is 24.3 Å². The molecule has 0 amide bonds. The Morgan fingerprint density at radius 2 is 1.87 bits per heavy atom. The first kappa shape index (κ1) is 22.4. The van der Waals surface area contributed by atoms with E-state index in [1.807, 2.05) is 54.1 Å². The average Bonchev–Trinajstić information content (AvgIpc) is 3.08. The minimum atomic E-state index is 0.619. The molecule has 3 rings (SSSR count). The van der Waals surface area contributed by atoms with Gasteiger partial charge in [0.05, 0.1) is 18.0 Å². The van der Waals surface area contributed by atoms with Crippen molar-refractivity contribution in [3.05, 3.63) is 71.5 Å². The van der Waals surface area contributed by atoms with Crippen LogP contribution in [0.5, 0.6) is 5.75 Å². The van der Waals surface area contributed by atoms with Gasteiger partial charge < -0.3 is 20.1 Å². The summed E-state index contributed by atoms with van der Waals surface area (Å²) < 4.78 is 12.8. The molecular weight excluding hydrogens is 390 g/mol. The van der Waals surface area contributed by atoms with E-state index in [0.717, 1.165) is 40.5 Å². The first-order chi connectivity index (χ1) is 15.1. The van der Waals surface area contributed by atoms with Gasteiger partial charge in [-0.05, 0) is 38.1 Å². The molecule has 0 saturated heterocycles. The first-order valence-corrected chi connectivity index (χ1v) is 10.4. The van der Waals surface area contributed by atoms with E-state index >= 15 is 0 Å². The predicted octanol–water partition coefficient (Wildman–Crippen LogP) is 4.09. The molecular formula is C24H31N5O2. The van der Waals surface area contributed by atoms with Gasteiger partial charge in [0.2, 0.25) is 0 Å². The Bertz CT molecular complexity index is 998. The fraction of sp³-hybridized carbons (Fsp3) is 0.333. The molecule has 0 spiro atoms. The zero-order valence-electron chi connectivity index (χ0n) is 18.7. The topological polar surface area (TPSA) is 72.7 Å². The fourth-order valence-corrected chi connectivity index (χ4v) is 3.30. The monoisotopic (exact) mass is 421 g/mol. The second kappa shape index (κ2) is 11.2. The lowest BCUT2D eigenvalue weighted by Crippen LogP contribution is -2.30. The number of benzene rings is 2. The fourth-order valence-electron chi connectivity index (χ4n) is 3.30. The average molecular weight is 422 g/mol. The molecule has 0 atom stereocenters. The highest BCUT2D eigenvalue weighted by molar-refractivity contribution is 5.93. The largest absolute Gasteiger partial charge is 0.493 e. The van der Waals surface area contributed by atoms with Gasteiger partial charge in [0.1, 0.15) is 5.75 Å². The van der Waals surface area contributed by atoms with Crippen molar-refractivity contribution in [1.29, 1.82) is 0 Å². The number of hydrogen-bond acceptors (Lipinski definition) is 4. The maximum absolute atomic E-state index is 5.78. The molecule has 164 valence electrons. The maximum Gasteiger partial charge on any atom is 0.195 e. The van der Waals surface area contributed by atoms with E-state index < -0.39 is 0 Å². The number of para-hydroxylation sites is 1. The normalized spacial score (nSPS) is 11.4. The lowest BCUT2D eigenvalue weighted by molar-refractivity contribution is 0.172. The van der Waals surface area contributed by atoms with Crippen molar-refractivity contribution in [1.82, 2.24) is 15.1 Å². The highest BCUT2D eigenvalue weighted by atomic mass is 16.5. The van der Waals surface area contributed by atoms with E-state index in [-0.39, 0.29) is 0 Å². The molecule has 2 N–H and O–H groups in total. The van der Waals surface area contributed by atoms with Gasteiger partial charge in [0.15, 0.2) is 5.96 Å². The molecule has 1 heterocycles. The van der Waals surface area contributed by atoms with Gasteiger partial charge in [-0.2, -0.15) is 5.10 Å². The van der Waals surface area contributed by atoms with Crippen LogP contribution in [0.4, 0.5) is 5.69 Å². The molecule has 0 bridgehead atoms. The SMILES string of the molecule is CN=C(NCc1c(C)nn(-c2ccccc2)c1C)Nc1cccc(OCCCOC)c1. The van der Waals surface area contributed by atoms with E-state index in [1.54, 1.807) is 14.2 Å². The molecule has 0 fully saturated rings. The molecule has 3 aromatic rings. The number of aliphatic imine (C=N–C) groups is 1. The number of aromatic nitrogens is 2. The molecule has 0 aliphatic heterocycles. The molecule has 0 saturated carbocycles. The summed E-state index contributed by atoms with van der Waals surface area (Å²) in [7, 11) is 3.45. The maximum atomic E-state index is 5.78. The quantitative estimate of drug-likeness (QED) is 0.309. The minimum absolute atomic E-state index is 0.619. The highest BCUT2D eigenvalue weighted by Crippen LogP contribution is 2.19. The summed E-state index contributed by atoms with van der Waals surface area (Å²) in [5.41, 5.74) is 5.22. The van der Waals surface area contributed by atoms with Crippen LogP contribution in [-0.4, -0.2) is 43.1 Å². The van der Waals surface area contributed by atoms with Crippen molar-refractivity contribution in [2.75, 3.05) is 32.7 Å². The molecule has 31 heavy (non-hydrogen) atoms. The Hall–Kier alpha value is -3.32. The zero-order chi connectivity index (χ0) is 22.1. The third-order valence-corrected chi connectivity index (χ3v) is 4.96. The van der Waals surface area contributed by atoms with Crippen molar-refractivity contribution in [2.24, 2.45) is 4.99 Å². The first-order valence-electron chi connectivity index (χ1n) is 10.4. The van der Waals surface area contributed by atoms with E-state index in [0.29, 0.717) is 25.7 Å². The molecule has 0 radical (unpaired) electrons. The summed E-state index contributed by atoms with van der Waals surface area (Å²) >= 11 is 0. The van der Waals surface area contributed by atoms with Crippen molar-refractivity contribution >= 4 is 11.6 Å². The third-order valence-electron chi connectivity index (χ3n) is 4.96. The molecule has 0 unspecified atom stereocenters. The Morgan fingerprint density at radius 1 is 1.06 bits per heavy atom. The number of nitrogens with zero attached hydrogens (tertiary/aromatic N) is 3. The second-order valence-corrected chi connectivity index (χ2v) is 7.17. The van der Waals surface area contributed by atoms with Crippen LogP contribution in [-0.2, 0) is 11.3 Å². The summed E-state index contributed by atoms with van der Waals surface area (Å²) in [6.07, 6.45) is 0.854. The van der Waals surface area contributed by atoms with Crippen molar-refractivity contribution in [3.63, 3.8) is 0 Å². The molecule has 1 aromatic heterocycles. The number of ether oxygens (including phenoxy) is 2. The molecule has 2 aromatic carbocycles. The van der Waals surface area contributed by atoms with Crippen LogP contribution in [0.2, 0.25) is 0 Å². The van der Waals surface area contributed by atoms with Gasteiger partial charge >= 0.3 is 0 Å². The second-order valence-electron chi connectivity index (χ2n) is 7.17. The van der Waals surface area contributed by atoms with Crippen LogP contribution in [0.1, 0.15) is 23.4 Å². The lowest BCUT2D eigenvalue weighted by Gasteiger charge is -2.13. The van der Waals surface area contributed by atoms with Crippen molar-refractivity contribution in [2.45, 2.75) is 26.8 Å². The number of guanidine groups is 1. The van der Waals surface area contributed by atoms with Crippen LogP contribution in [0, 0.1) is 13.8 Å². The Morgan fingerprint density at radius 3 is 2.61 bits per heavy atom. The van der Waals surface area contributed by atoms with Crippen molar-refractivity contribution < 1.29 is 9.47 Å². The number of methoxy groups -OCH3 is 1. The van der Waals surface area contributed by atoms with Gasteiger partial charge in [0.25, 0.3) is 0 Å². The molecule has 7 heteroatoms. The molecule has 7 nitrogen and oxygen atoms in total. The Balaban J connectivity index is 1.62. The van der Waals surface area contributed by atoms with Crippen LogP contribution in [0.15, 0.2) is 59.6 Å². The summed E-state index contributed by atoms with van der Waals surface area (Å²) in [5, 5.41) is 11.4. The van der Waals surface area contributed by atoms with E-state index in [4.69, 9.17) is 14.6 Å². The number of nitrogens with one attached hydrogen (secondary N) is 2. The number of aryl methyl sites for hydroxylation is 1. The Kier molecular flexibility index (Phi) is 8.06. The van der Waals surface area contributed by atoms with Gasteiger partial charge in [-0.25, -0.2) is 4.68 Å². The third kappa shape index (κ3) is 6.08. The smallest absolute Gasteiger partial charge is 0.195 e. The van der Waals surface area contributed by atoms with E-state index in [9.17, 15) is 0 Å². The lowest BCUT2D eigenvalue weighted by atomic mass is 10.2. The number of rotatable bonds is 9. The Labute approximate surface area is 184 Å². The standard InChI is InChI=1S/C24H31N5O2/c1-18-23(19(2)29(28-18)21-11-6-5-7-12-21)17-26-24(25-3)27-20-10-8-13-22(16-20)31-15-9-14-30-4/h5-8,10-13,16H,9,14-15,17H2,1-4H3,(H2,25,26,27). The van der Waals surface area contributed by atoms with Crippen LogP contribution in [0.25, 0.3) is 5.69 Å². The summed E-state index contributed by atoms with van der Waals surface area (Å²) in [6, 6.07) is 18.0. The van der Waals surface area contributed by atoms with E-state index in [1.165, 1.54) is 0 Å². The van der Waals surface area contributed by atoms with E-state index in [2.05, 4.69) is 34.7 Å². The molecule has 0 aliphatic rings. The van der Waals surface area contributed by atoms with Crippen molar-refractivity contribution in [3.8, 4) is 11.4 Å². The molecule has 0 aliphatic carbocycles. The van der Waals surface area contributed by atoms with Gasteiger partial charge in [-0.3, -0.25) is 4.99 Å². The van der Waals surface area contributed by atoms with Crippen LogP contribution < -0.4 is 15.4 Å².